The van der Waals surface area contributed by atoms with Gasteiger partial charge in [-0.2, -0.15) is 0 Å². The molecule has 2 heterocycles. The van der Waals surface area contributed by atoms with E-state index in [9.17, 15) is 12.8 Å². The first kappa shape index (κ1) is 18.0. The van der Waals surface area contributed by atoms with Crippen molar-refractivity contribution in [3.8, 4) is 17.0 Å². The van der Waals surface area contributed by atoms with Gasteiger partial charge in [-0.05, 0) is 42.0 Å². The number of nitrogens with zero attached hydrogens (tertiary/aromatic N) is 2. The average molecular weight is 373 g/mol. The first-order valence-corrected chi connectivity index (χ1v) is 9.17. The fourth-order valence-corrected chi connectivity index (χ4v) is 3.64. The Bertz CT molecular complexity index is 1010. The lowest BCUT2D eigenvalue weighted by Crippen LogP contribution is -2.24. The molecule has 0 atom stereocenters. The van der Waals surface area contributed by atoms with E-state index in [1.54, 1.807) is 36.8 Å². The van der Waals surface area contributed by atoms with E-state index in [4.69, 9.17) is 4.74 Å². The number of halogens is 1. The molecule has 3 rings (SSSR count). The predicted octanol–water partition coefficient (Wildman–Crippen LogP) is 2.77. The van der Waals surface area contributed by atoms with Crippen LogP contribution >= 0.6 is 0 Å². The van der Waals surface area contributed by atoms with Crippen LogP contribution < -0.4 is 9.46 Å². The summed E-state index contributed by atoms with van der Waals surface area (Å²) in [5.41, 5.74) is 2.06. The minimum Gasteiger partial charge on any atom is -0.495 e. The van der Waals surface area contributed by atoms with Crippen LogP contribution in [0.1, 0.15) is 5.56 Å². The molecule has 1 N–H and O–H groups in total. The predicted molar refractivity (Wildman–Crippen MR) is 94.4 cm³/mol. The largest absolute Gasteiger partial charge is 0.495 e. The summed E-state index contributed by atoms with van der Waals surface area (Å²) < 4.78 is 46.2. The zero-order valence-electron chi connectivity index (χ0n) is 13.9. The maximum Gasteiger partial charge on any atom is 0.244 e. The fourth-order valence-electron chi connectivity index (χ4n) is 2.46. The number of ether oxygens (including phenoxy) is 1. The number of methoxy groups -OCH3 is 1. The first-order chi connectivity index (χ1) is 12.5. The number of aromatic nitrogens is 2. The molecule has 0 aliphatic carbocycles. The number of nitrogens with one attached hydrogen (secondary N) is 1. The number of rotatable bonds is 6. The van der Waals surface area contributed by atoms with Gasteiger partial charge in [0.1, 0.15) is 16.5 Å². The Labute approximate surface area is 150 Å². The summed E-state index contributed by atoms with van der Waals surface area (Å²) in [6.45, 7) is -0.0138. The van der Waals surface area contributed by atoms with E-state index in [-0.39, 0.29) is 17.2 Å². The Hall–Kier alpha value is -2.84. The molecule has 0 radical (unpaired) electrons. The molecule has 0 aliphatic heterocycles. The van der Waals surface area contributed by atoms with Crippen LogP contribution in [0.25, 0.3) is 11.3 Å². The second kappa shape index (κ2) is 7.59. The molecule has 0 fully saturated rings. The molecule has 0 aliphatic rings. The molecule has 0 unspecified atom stereocenters. The monoisotopic (exact) mass is 373 g/mol. The molecular formula is C18H16FN3O3S. The van der Waals surface area contributed by atoms with Gasteiger partial charge in [-0.1, -0.05) is 6.07 Å². The van der Waals surface area contributed by atoms with Crippen molar-refractivity contribution in [3.63, 3.8) is 0 Å². The Morgan fingerprint density at radius 3 is 2.69 bits per heavy atom. The van der Waals surface area contributed by atoms with Gasteiger partial charge in [-0.15, -0.1) is 0 Å². The number of hydrogen-bond acceptors (Lipinski definition) is 5. The second-order valence-electron chi connectivity index (χ2n) is 5.37. The standard InChI is InChI=1S/C18H16FN3O3S/c1-25-16-7-6-15(19)10-17(16)26(23,24)22-12-14-5-3-9-21-18(14)13-4-2-8-20-11-13/h2-11,22H,12H2,1H3. The van der Waals surface area contributed by atoms with Crippen LogP contribution in [0.4, 0.5) is 4.39 Å². The van der Waals surface area contributed by atoms with Gasteiger partial charge < -0.3 is 4.74 Å². The molecule has 3 aromatic rings. The van der Waals surface area contributed by atoms with Gasteiger partial charge in [0, 0.05) is 30.7 Å². The molecule has 0 amide bonds. The van der Waals surface area contributed by atoms with Crippen molar-refractivity contribution in [2.24, 2.45) is 0 Å². The Kier molecular flexibility index (Phi) is 5.24. The van der Waals surface area contributed by atoms with Crippen molar-refractivity contribution in [2.45, 2.75) is 11.4 Å². The molecular weight excluding hydrogens is 357 g/mol. The summed E-state index contributed by atoms with van der Waals surface area (Å²) in [6.07, 6.45) is 4.91. The zero-order chi connectivity index (χ0) is 18.6. The minimum atomic E-state index is -3.98. The van der Waals surface area contributed by atoms with Crippen molar-refractivity contribution in [3.05, 3.63) is 72.4 Å². The summed E-state index contributed by atoms with van der Waals surface area (Å²) in [4.78, 5) is 8.11. The molecule has 1 aromatic carbocycles. The molecule has 0 saturated carbocycles. The van der Waals surface area contributed by atoms with Crippen LogP contribution in [0.5, 0.6) is 5.75 Å². The van der Waals surface area contributed by atoms with Crippen LogP contribution in [0.2, 0.25) is 0 Å². The first-order valence-electron chi connectivity index (χ1n) is 7.69. The van der Waals surface area contributed by atoms with Crippen LogP contribution in [0.15, 0.2) is 66.0 Å². The second-order valence-corrected chi connectivity index (χ2v) is 7.11. The van der Waals surface area contributed by atoms with Crippen molar-refractivity contribution < 1.29 is 17.5 Å². The van der Waals surface area contributed by atoms with Gasteiger partial charge >= 0.3 is 0 Å². The molecule has 26 heavy (non-hydrogen) atoms. The van der Waals surface area contributed by atoms with Crippen molar-refractivity contribution in [1.29, 1.82) is 0 Å². The Balaban J connectivity index is 1.89. The molecule has 2 aromatic heterocycles. The van der Waals surface area contributed by atoms with Gasteiger partial charge in [0.15, 0.2) is 0 Å². The molecule has 134 valence electrons. The summed E-state index contributed by atoms with van der Waals surface area (Å²) in [7, 11) is -2.65. The summed E-state index contributed by atoms with van der Waals surface area (Å²) in [5, 5.41) is 0. The van der Waals surface area contributed by atoms with E-state index in [1.165, 1.54) is 13.2 Å². The van der Waals surface area contributed by atoms with Gasteiger partial charge in [0.25, 0.3) is 0 Å². The zero-order valence-corrected chi connectivity index (χ0v) is 14.7. The van der Waals surface area contributed by atoms with Crippen molar-refractivity contribution >= 4 is 10.0 Å². The van der Waals surface area contributed by atoms with E-state index in [1.807, 2.05) is 6.07 Å². The third-order valence-electron chi connectivity index (χ3n) is 3.69. The van der Waals surface area contributed by atoms with E-state index < -0.39 is 15.8 Å². The molecule has 0 saturated heterocycles. The van der Waals surface area contributed by atoms with Gasteiger partial charge in [0.2, 0.25) is 10.0 Å². The third-order valence-corrected chi connectivity index (χ3v) is 5.12. The normalized spacial score (nSPS) is 11.3. The van der Waals surface area contributed by atoms with E-state index >= 15 is 0 Å². The third kappa shape index (κ3) is 3.87. The highest BCUT2D eigenvalue weighted by molar-refractivity contribution is 7.89. The lowest BCUT2D eigenvalue weighted by Gasteiger charge is -2.12. The Morgan fingerprint density at radius 1 is 1.15 bits per heavy atom. The summed E-state index contributed by atoms with van der Waals surface area (Å²) >= 11 is 0. The lowest BCUT2D eigenvalue weighted by molar-refractivity contribution is 0.400. The van der Waals surface area contributed by atoms with Gasteiger partial charge in [-0.3, -0.25) is 9.97 Å². The molecule has 0 bridgehead atoms. The molecule has 0 spiro atoms. The summed E-state index contributed by atoms with van der Waals surface area (Å²) in [6, 6.07) is 10.4. The maximum absolute atomic E-state index is 13.5. The average Bonchev–Trinajstić information content (AvgIpc) is 2.67. The number of pyridine rings is 2. The lowest BCUT2D eigenvalue weighted by atomic mass is 10.1. The highest BCUT2D eigenvalue weighted by Crippen LogP contribution is 2.25. The van der Waals surface area contributed by atoms with Crippen LogP contribution in [-0.2, 0) is 16.6 Å². The van der Waals surface area contributed by atoms with E-state index in [2.05, 4.69) is 14.7 Å². The van der Waals surface area contributed by atoms with Gasteiger partial charge in [-0.25, -0.2) is 17.5 Å². The smallest absolute Gasteiger partial charge is 0.244 e. The van der Waals surface area contributed by atoms with Crippen molar-refractivity contribution in [2.75, 3.05) is 7.11 Å². The quantitative estimate of drug-likeness (QED) is 0.719. The SMILES string of the molecule is COc1ccc(F)cc1S(=O)(=O)NCc1cccnc1-c1cccnc1. The van der Waals surface area contributed by atoms with Crippen molar-refractivity contribution in [1.82, 2.24) is 14.7 Å². The highest BCUT2D eigenvalue weighted by Gasteiger charge is 2.21. The number of hydrogen-bond donors (Lipinski definition) is 1. The minimum absolute atomic E-state index is 0.0138. The topological polar surface area (TPSA) is 81.2 Å². The van der Waals surface area contributed by atoms with Crippen LogP contribution in [-0.4, -0.2) is 25.5 Å². The maximum atomic E-state index is 13.5. The highest BCUT2D eigenvalue weighted by atomic mass is 32.2. The van der Waals surface area contributed by atoms with Crippen LogP contribution in [0.3, 0.4) is 0 Å². The molecule has 6 nitrogen and oxygen atoms in total. The van der Waals surface area contributed by atoms with E-state index in [0.717, 1.165) is 17.7 Å². The van der Waals surface area contributed by atoms with E-state index in [0.29, 0.717) is 11.3 Å². The summed E-state index contributed by atoms with van der Waals surface area (Å²) in [5.74, 6) is -0.596. The van der Waals surface area contributed by atoms with Gasteiger partial charge in [0.05, 0.1) is 12.8 Å². The number of benzene rings is 1. The Morgan fingerprint density at radius 2 is 1.96 bits per heavy atom. The molecule has 8 heteroatoms. The van der Waals surface area contributed by atoms with Crippen LogP contribution in [0, 0.1) is 5.82 Å². The number of sulfonamides is 1. The fraction of sp³-hybridized carbons (Fsp3) is 0.111.